The van der Waals surface area contributed by atoms with Gasteiger partial charge in [0.2, 0.25) is 0 Å². The van der Waals surface area contributed by atoms with Gasteiger partial charge in [0, 0.05) is 24.2 Å². The van der Waals surface area contributed by atoms with Gasteiger partial charge < -0.3 is 10.4 Å². The maximum absolute atomic E-state index is 9.83. The van der Waals surface area contributed by atoms with Gasteiger partial charge in [-0.1, -0.05) is 23.7 Å². The fourth-order valence-electron chi connectivity index (χ4n) is 3.26. The molecule has 0 radical (unpaired) electrons. The molecular formula is C18H30Cl2N2O. The molecule has 2 N–H and O–H groups in total. The smallest absolute Gasteiger partial charge is 0.0639 e. The average molecular weight is 361 g/mol. The summed E-state index contributed by atoms with van der Waals surface area (Å²) in [4.78, 5) is 2.45. The van der Waals surface area contributed by atoms with Gasteiger partial charge in [-0.2, -0.15) is 0 Å². The first kappa shape index (κ1) is 20.7. The van der Waals surface area contributed by atoms with E-state index in [1.54, 1.807) is 0 Å². The lowest BCUT2D eigenvalue weighted by atomic mass is 9.96. The van der Waals surface area contributed by atoms with E-state index in [2.05, 4.69) is 29.3 Å². The van der Waals surface area contributed by atoms with Crippen molar-refractivity contribution < 1.29 is 5.11 Å². The zero-order chi connectivity index (χ0) is 15.9. The summed E-state index contributed by atoms with van der Waals surface area (Å²) < 4.78 is 0. The number of hydrogen-bond donors (Lipinski definition) is 2. The van der Waals surface area contributed by atoms with Crippen LogP contribution in [0.25, 0.3) is 0 Å². The molecule has 1 aromatic rings. The van der Waals surface area contributed by atoms with Crippen molar-refractivity contribution in [2.75, 3.05) is 26.2 Å². The molecule has 0 saturated carbocycles. The molecule has 1 saturated heterocycles. The SMILES string of the molecule is CC(Cc1ccc(Cl)cc1)N(CC1CCNCC1)C[C@@H](C)O.Cl. The molecule has 0 spiro atoms. The molecule has 23 heavy (non-hydrogen) atoms. The van der Waals surface area contributed by atoms with Gasteiger partial charge in [0.15, 0.2) is 0 Å². The van der Waals surface area contributed by atoms with Crippen molar-refractivity contribution in [2.45, 2.75) is 45.3 Å². The third-order valence-electron chi connectivity index (χ3n) is 4.52. The van der Waals surface area contributed by atoms with Gasteiger partial charge in [-0.05, 0) is 69.8 Å². The van der Waals surface area contributed by atoms with Crippen LogP contribution in [0.4, 0.5) is 0 Å². The minimum Gasteiger partial charge on any atom is -0.392 e. The first-order valence-electron chi connectivity index (χ1n) is 8.42. The second-order valence-corrected chi connectivity index (χ2v) is 7.11. The van der Waals surface area contributed by atoms with Crippen LogP contribution >= 0.6 is 24.0 Å². The quantitative estimate of drug-likeness (QED) is 0.782. The lowest BCUT2D eigenvalue weighted by molar-refractivity contribution is 0.0848. The Balaban J connectivity index is 0.00000264. The topological polar surface area (TPSA) is 35.5 Å². The van der Waals surface area contributed by atoms with Crippen LogP contribution in [0.3, 0.4) is 0 Å². The van der Waals surface area contributed by atoms with Crippen molar-refractivity contribution in [3.05, 3.63) is 34.9 Å². The summed E-state index contributed by atoms with van der Waals surface area (Å²) >= 11 is 5.96. The number of nitrogens with zero attached hydrogens (tertiary/aromatic N) is 1. The van der Waals surface area contributed by atoms with E-state index in [1.807, 2.05) is 19.1 Å². The minimum absolute atomic E-state index is 0. The summed E-state index contributed by atoms with van der Waals surface area (Å²) in [5.74, 6) is 0.743. The standard InChI is InChI=1S/C18H29ClN2O.ClH/c1-14(11-16-3-5-18(19)6-4-16)21(12-15(2)22)13-17-7-9-20-10-8-17;/h3-6,14-15,17,20,22H,7-13H2,1-2H3;1H/t14?,15-;/m1./s1. The lowest BCUT2D eigenvalue weighted by Gasteiger charge is -2.35. The molecule has 3 nitrogen and oxygen atoms in total. The number of aliphatic hydroxyl groups excluding tert-OH is 1. The highest BCUT2D eigenvalue weighted by molar-refractivity contribution is 6.30. The number of halogens is 2. The molecular weight excluding hydrogens is 331 g/mol. The van der Waals surface area contributed by atoms with E-state index >= 15 is 0 Å². The fraction of sp³-hybridized carbons (Fsp3) is 0.667. The largest absolute Gasteiger partial charge is 0.392 e. The Labute approximate surface area is 151 Å². The highest BCUT2D eigenvalue weighted by Crippen LogP contribution is 2.18. The molecule has 1 unspecified atom stereocenters. The molecule has 1 heterocycles. The van der Waals surface area contributed by atoms with E-state index in [1.165, 1.54) is 18.4 Å². The highest BCUT2D eigenvalue weighted by atomic mass is 35.5. The van der Waals surface area contributed by atoms with E-state index in [0.717, 1.165) is 43.5 Å². The molecule has 0 aliphatic carbocycles. The number of piperidine rings is 1. The molecule has 5 heteroatoms. The average Bonchev–Trinajstić information content (AvgIpc) is 2.49. The highest BCUT2D eigenvalue weighted by Gasteiger charge is 2.22. The zero-order valence-corrected chi connectivity index (χ0v) is 15.7. The molecule has 1 aliphatic heterocycles. The monoisotopic (exact) mass is 360 g/mol. The molecule has 0 aromatic heterocycles. The van der Waals surface area contributed by atoms with Gasteiger partial charge >= 0.3 is 0 Å². The van der Waals surface area contributed by atoms with Crippen molar-refractivity contribution in [3.63, 3.8) is 0 Å². The van der Waals surface area contributed by atoms with E-state index < -0.39 is 0 Å². The van der Waals surface area contributed by atoms with Crippen molar-refractivity contribution in [2.24, 2.45) is 5.92 Å². The second-order valence-electron chi connectivity index (χ2n) is 6.68. The number of aliphatic hydroxyl groups is 1. The van der Waals surface area contributed by atoms with Crippen molar-refractivity contribution in [3.8, 4) is 0 Å². The van der Waals surface area contributed by atoms with E-state index in [0.29, 0.717) is 6.04 Å². The molecule has 2 atom stereocenters. The van der Waals surface area contributed by atoms with Gasteiger partial charge in [-0.3, -0.25) is 4.90 Å². The second kappa shape index (κ2) is 10.5. The van der Waals surface area contributed by atoms with Crippen LogP contribution in [0.2, 0.25) is 5.02 Å². The summed E-state index contributed by atoms with van der Waals surface area (Å²) in [5.41, 5.74) is 1.30. The van der Waals surface area contributed by atoms with Gasteiger partial charge in [-0.15, -0.1) is 12.4 Å². The molecule has 1 aromatic carbocycles. The Hall–Kier alpha value is -0.320. The summed E-state index contributed by atoms with van der Waals surface area (Å²) in [7, 11) is 0. The van der Waals surface area contributed by atoms with E-state index in [4.69, 9.17) is 11.6 Å². The van der Waals surface area contributed by atoms with E-state index in [-0.39, 0.29) is 18.5 Å². The van der Waals surface area contributed by atoms with Crippen LogP contribution in [-0.2, 0) is 6.42 Å². The predicted molar refractivity (Wildman–Crippen MR) is 101 cm³/mol. The Morgan fingerprint density at radius 2 is 1.83 bits per heavy atom. The number of hydrogen-bond acceptors (Lipinski definition) is 3. The van der Waals surface area contributed by atoms with Crippen molar-refractivity contribution in [1.82, 2.24) is 10.2 Å². The van der Waals surface area contributed by atoms with Crippen LogP contribution in [0.5, 0.6) is 0 Å². The third kappa shape index (κ3) is 7.40. The van der Waals surface area contributed by atoms with Gasteiger partial charge in [0.05, 0.1) is 6.10 Å². The zero-order valence-electron chi connectivity index (χ0n) is 14.2. The molecule has 0 amide bonds. The summed E-state index contributed by atoms with van der Waals surface area (Å²) in [6.45, 7) is 8.22. The van der Waals surface area contributed by atoms with Crippen molar-refractivity contribution in [1.29, 1.82) is 0 Å². The van der Waals surface area contributed by atoms with Gasteiger partial charge in [0.25, 0.3) is 0 Å². The lowest BCUT2D eigenvalue weighted by Crippen LogP contribution is -2.44. The van der Waals surface area contributed by atoms with E-state index in [9.17, 15) is 5.11 Å². The maximum atomic E-state index is 9.83. The van der Waals surface area contributed by atoms with Crippen LogP contribution in [0, 0.1) is 5.92 Å². The molecule has 132 valence electrons. The van der Waals surface area contributed by atoms with Crippen LogP contribution < -0.4 is 5.32 Å². The summed E-state index contributed by atoms with van der Waals surface area (Å²) in [6.07, 6.45) is 3.19. The molecule has 2 rings (SSSR count). The van der Waals surface area contributed by atoms with Crippen molar-refractivity contribution >= 4 is 24.0 Å². The number of benzene rings is 1. The van der Waals surface area contributed by atoms with Crippen LogP contribution in [0.1, 0.15) is 32.3 Å². The minimum atomic E-state index is -0.283. The Bertz CT molecular complexity index is 433. The van der Waals surface area contributed by atoms with Gasteiger partial charge in [-0.25, -0.2) is 0 Å². The van der Waals surface area contributed by atoms with Crippen LogP contribution in [-0.4, -0.2) is 48.3 Å². The van der Waals surface area contributed by atoms with Crippen LogP contribution in [0.15, 0.2) is 24.3 Å². The first-order valence-corrected chi connectivity index (χ1v) is 8.79. The number of nitrogens with one attached hydrogen (secondary N) is 1. The predicted octanol–water partition coefficient (Wildman–Crippen LogP) is 3.38. The normalized spacial score (nSPS) is 18.5. The Morgan fingerprint density at radius 3 is 2.39 bits per heavy atom. The maximum Gasteiger partial charge on any atom is 0.0639 e. The Morgan fingerprint density at radius 1 is 1.22 bits per heavy atom. The van der Waals surface area contributed by atoms with Gasteiger partial charge in [0.1, 0.15) is 0 Å². The molecule has 0 bridgehead atoms. The summed E-state index contributed by atoms with van der Waals surface area (Å²) in [5, 5.41) is 14.0. The summed E-state index contributed by atoms with van der Waals surface area (Å²) in [6, 6.07) is 8.53. The fourth-order valence-corrected chi connectivity index (χ4v) is 3.39. The number of rotatable bonds is 7. The third-order valence-corrected chi connectivity index (χ3v) is 4.77. The molecule has 1 fully saturated rings. The Kier molecular flexibility index (Phi) is 9.48. The molecule has 1 aliphatic rings. The first-order chi connectivity index (χ1) is 10.5.